The van der Waals surface area contributed by atoms with Crippen molar-refractivity contribution < 1.29 is 28.6 Å². The van der Waals surface area contributed by atoms with Crippen molar-refractivity contribution in [3.63, 3.8) is 0 Å². The van der Waals surface area contributed by atoms with E-state index in [1.54, 1.807) is 0 Å². The molecule has 1 atom stereocenters. The first-order chi connectivity index (χ1) is 40.5. The third-order valence-electron chi connectivity index (χ3n) is 16.6. The first-order valence-corrected chi connectivity index (χ1v) is 36.6. The molecule has 0 amide bonds. The molecule has 0 aliphatic rings. The van der Waals surface area contributed by atoms with Crippen molar-refractivity contribution in [2.75, 3.05) is 13.2 Å². The molecule has 0 aromatic carbocycles. The summed E-state index contributed by atoms with van der Waals surface area (Å²) in [6.45, 7) is 6.60. The first-order valence-electron chi connectivity index (χ1n) is 36.6. The van der Waals surface area contributed by atoms with Crippen molar-refractivity contribution in [2.45, 2.75) is 406 Å². The maximum atomic E-state index is 12.9. The highest BCUT2D eigenvalue weighted by Gasteiger charge is 2.19. The van der Waals surface area contributed by atoms with Crippen molar-refractivity contribution >= 4 is 17.9 Å². The van der Waals surface area contributed by atoms with Crippen molar-refractivity contribution in [3.8, 4) is 0 Å². The van der Waals surface area contributed by atoms with Crippen LogP contribution in [0.1, 0.15) is 400 Å². The smallest absolute Gasteiger partial charge is 0.306 e. The maximum absolute atomic E-state index is 12.9. The monoisotopic (exact) mass is 1150 g/mol. The lowest BCUT2D eigenvalue weighted by Gasteiger charge is -2.18. The Balaban J connectivity index is 4.18. The minimum atomic E-state index is -0.777. The van der Waals surface area contributed by atoms with Gasteiger partial charge in [0.15, 0.2) is 6.10 Å². The Labute approximate surface area is 511 Å². The molecule has 1 unspecified atom stereocenters. The number of ether oxygens (including phenoxy) is 3. The van der Waals surface area contributed by atoms with Gasteiger partial charge in [-0.1, -0.05) is 352 Å². The van der Waals surface area contributed by atoms with Crippen LogP contribution < -0.4 is 0 Å². The normalized spacial score (nSPS) is 12.3. The number of allylic oxidation sites excluding steroid dienone is 8. The molecule has 0 bridgehead atoms. The zero-order valence-corrected chi connectivity index (χ0v) is 55.3. The minimum Gasteiger partial charge on any atom is -0.462 e. The van der Waals surface area contributed by atoms with E-state index < -0.39 is 6.10 Å². The van der Waals surface area contributed by atoms with Gasteiger partial charge in [-0.3, -0.25) is 14.4 Å². The second-order valence-corrected chi connectivity index (χ2v) is 24.8. The van der Waals surface area contributed by atoms with E-state index in [1.807, 2.05) is 0 Å². The predicted octanol–water partition coefficient (Wildman–Crippen LogP) is 25.3. The van der Waals surface area contributed by atoms with Gasteiger partial charge in [-0.05, 0) is 77.0 Å². The van der Waals surface area contributed by atoms with Gasteiger partial charge >= 0.3 is 17.9 Å². The fourth-order valence-corrected chi connectivity index (χ4v) is 11.1. The van der Waals surface area contributed by atoms with Gasteiger partial charge in [0.25, 0.3) is 0 Å². The number of hydrogen-bond acceptors (Lipinski definition) is 6. The van der Waals surface area contributed by atoms with Gasteiger partial charge < -0.3 is 14.2 Å². The van der Waals surface area contributed by atoms with Crippen LogP contribution in [0, 0.1) is 0 Å². The molecular formula is C76H140O6. The third kappa shape index (κ3) is 68.2. The van der Waals surface area contributed by atoms with Crippen LogP contribution >= 0.6 is 0 Å². The predicted molar refractivity (Wildman–Crippen MR) is 358 cm³/mol. The Morgan fingerprint density at radius 2 is 0.476 bits per heavy atom. The molecule has 6 heteroatoms. The van der Waals surface area contributed by atoms with E-state index in [0.29, 0.717) is 19.3 Å². The molecule has 0 saturated carbocycles. The van der Waals surface area contributed by atoms with E-state index in [0.717, 1.165) is 83.5 Å². The molecule has 0 aromatic rings. The van der Waals surface area contributed by atoms with Crippen LogP contribution in [0.4, 0.5) is 0 Å². The van der Waals surface area contributed by atoms with Crippen LogP contribution in [0.15, 0.2) is 48.6 Å². The molecule has 0 N–H and O–H groups in total. The second-order valence-electron chi connectivity index (χ2n) is 24.8. The molecule has 82 heavy (non-hydrogen) atoms. The number of esters is 3. The molecule has 0 aliphatic heterocycles. The third-order valence-corrected chi connectivity index (χ3v) is 16.6. The van der Waals surface area contributed by atoms with Gasteiger partial charge in [0.05, 0.1) is 0 Å². The number of carbonyl (C=O) groups is 3. The van der Waals surface area contributed by atoms with Crippen LogP contribution in [0.5, 0.6) is 0 Å². The average Bonchev–Trinajstić information content (AvgIpc) is 3.47. The van der Waals surface area contributed by atoms with Crippen LogP contribution in [0.3, 0.4) is 0 Å². The van der Waals surface area contributed by atoms with Gasteiger partial charge in [-0.2, -0.15) is 0 Å². The van der Waals surface area contributed by atoms with E-state index in [1.165, 1.54) is 276 Å². The number of carbonyl (C=O) groups excluding carboxylic acids is 3. The summed E-state index contributed by atoms with van der Waals surface area (Å²) in [5.74, 6) is -0.853. The van der Waals surface area contributed by atoms with Gasteiger partial charge in [0, 0.05) is 19.3 Å². The summed E-state index contributed by atoms with van der Waals surface area (Å²) >= 11 is 0. The highest BCUT2D eigenvalue weighted by Crippen LogP contribution is 2.19. The molecular weight excluding hydrogens is 1010 g/mol. The minimum absolute atomic E-state index is 0.0719. The summed E-state index contributed by atoms with van der Waals surface area (Å²) < 4.78 is 17.0. The summed E-state index contributed by atoms with van der Waals surface area (Å²) in [5, 5.41) is 0. The van der Waals surface area contributed by atoms with Crippen molar-refractivity contribution in [1.29, 1.82) is 0 Å². The number of rotatable bonds is 68. The summed E-state index contributed by atoms with van der Waals surface area (Å²) in [4.78, 5) is 38.5. The average molecular weight is 1150 g/mol. The van der Waals surface area contributed by atoms with Crippen LogP contribution in [-0.4, -0.2) is 37.2 Å². The molecule has 0 heterocycles. The molecule has 0 rings (SSSR count). The van der Waals surface area contributed by atoms with E-state index in [9.17, 15) is 14.4 Å². The van der Waals surface area contributed by atoms with Crippen LogP contribution in [0.25, 0.3) is 0 Å². The molecule has 0 saturated heterocycles. The summed E-state index contributed by atoms with van der Waals surface area (Å²) in [6.07, 6.45) is 90.1. The van der Waals surface area contributed by atoms with Crippen molar-refractivity contribution in [3.05, 3.63) is 48.6 Å². The first kappa shape index (κ1) is 79.4. The zero-order chi connectivity index (χ0) is 59.2. The lowest BCUT2D eigenvalue weighted by Crippen LogP contribution is -2.30. The van der Waals surface area contributed by atoms with E-state index in [4.69, 9.17) is 14.2 Å². The van der Waals surface area contributed by atoms with Crippen LogP contribution in [-0.2, 0) is 28.6 Å². The quantitative estimate of drug-likeness (QED) is 0.0261. The Kier molecular flexibility index (Phi) is 68.6. The standard InChI is InChI=1S/C76H140O6/c1-4-7-10-13-16-19-22-25-28-31-32-33-34-35-36-37-38-39-40-41-42-43-44-46-48-51-54-57-60-63-66-69-75(78)81-72-73(71-80-74(77)68-65-62-59-56-53-50-47-30-27-24-21-18-15-12-9-6-3)82-76(79)70-67-64-61-58-55-52-49-45-29-26-23-20-17-14-11-8-5-2/h8,11,17,20,26,29,31-32,73H,4-7,9-10,12-16,18-19,21-25,27-28,30,33-72H2,1-3H3/b11-8-,20-17-,29-26-,32-31-. The SMILES string of the molecule is CC/C=C\C/C=C\C/C=C\CCCCCCCCCC(=O)OC(COC(=O)CCCCCCCCCCCCCCCCCC)COC(=O)CCCCCCCCCCCCCCCCCCCCC/C=C\CCCCCCCCCC. The van der Waals surface area contributed by atoms with E-state index in [-0.39, 0.29) is 31.1 Å². The zero-order valence-electron chi connectivity index (χ0n) is 55.3. The highest BCUT2D eigenvalue weighted by atomic mass is 16.6. The van der Waals surface area contributed by atoms with Gasteiger partial charge in [-0.25, -0.2) is 0 Å². The van der Waals surface area contributed by atoms with Gasteiger partial charge in [0.2, 0.25) is 0 Å². The summed E-state index contributed by atoms with van der Waals surface area (Å²) in [5.41, 5.74) is 0. The summed E-state index contributed by atoms with van der Waals surface area (Å²) in [7, 11) is 0. The number of unbranched alkanes of at least 4 members (excludes halogenated alkanes) is 49. The Bertz CT molecular complexity index is 1410. The Hall–Kier alpha value is -2.63. The van der Waals surface area contributed by atoms with Crippen LogP contribution in [0.2, 0.25) is 0 Å². The Morgan fingerprint density at radius 1 is 0.256 bits per heavy atom. The molecule has 480 valence electrons. The molecule has 0 fully saturated rings. The second kappa shape index (κ2) is 70.9. The lowest BCUT2D eigenvalue weighted by molar-refractivity contribution is -0.167. The Morgan fingerprint density at radius 3 is 0.756 bits per heavy atom. The fourth-order valence-electron chi connectivity index (χ4n) is 11.1. The molecule has 6 nitrogen and oxygen atoms in total. The lowest BCUT2D eigenvalue weighted by atomic mass is 10.0. The van der Waals surface area contributed by atoms with Crippen molar-refractivity contribution in [1.82, 2.24) is 0 Å². The van der Waals surface area contributed by atoms with Gasteiger partial charge in [-0.15, -0.1) is 0 Å². The highest BCUT2D eigenvalue weighted by molar-refractivity contribution is 5.71. The van der Waals surface area contributed by atoms with Gasteiger partial charge in [0.1, 0.15) is 13.2 Å². The molecule has 0 aliphatic carbocycles. The van der Waals surface area contributed by atoms with E-state index >= 15 is 0 Å². The number of hydrogen-bond donors (Lipinski definition) is 0. The van der Waals surface area contributed by atoms with E-state index in [2.05, 4.69) is 69.4 Å². The topological polar surface area (TPSA) is 78.9 Å². The summed E-state index contributed by atoms with van der Waals surface area (Å²) in [6, 6.07) is 0. The van der Waals surface area contributed by atoms with Crippen molar-refractivity contribution in [2.24, 2.45) is 0 Å². The largest absolute Gasteiger partial charge is 0.462 e. The maximum Gasteiger partial charge on any atom is 0.306 e. The molecule has 0 radical (unpaired) electrons. The fraction of sp³-hybridized carbons (Fsp3) is 0.855. The molecule has 0 spiro atoms. The molecule has 0 aromatic heterocycles.